The van der Waals surface area contributed by atoms with E-state index in [9.17, 15) is 9.59 Å². The van der Waals surface area contributed by atoms with E-state index in [4.69, 9.17) is 0 Å². The van der Waals surface area contributed by atoms with E-state index in [0.29, 0.717) is 15.0 Å². The third-order valence-electron chi connectivity index (χ3n) is 1.56. The van der Waals surface area contributed by atoms with Crippen LogP contribution in [-0.2, 0) is 9.53 Å². The monoisotopic (exact) mass is 320 g/mol. The first-order valence-electron chi connectivity index (χ1n) is 4.06. The molecule has 1 heterocycles. The van der Waals surface area contributed by atoms with Gasteiger partial charge >= 0.3 is 5.97 Å². The molecule has 1 amide bonds. The minimum Gasteiger partial charge on any atom is -0.465 e. The van der Waals surface area contributed by atoms with Crippen molar-refractivity contribution in [1.29, 1.82) is 0 Å². The molecule has 0 fully saturated rings. The lowest BCUT2D eigenvalue weighted by atomic mass is 10.3. The molecule has 0 radical (unpaired) electrons. The van der Waals surface area contributed by atoms with Crippen molar-refractivity contribution < 1.29 is 14.3 Å². The van der Waals surface area contributed by atoms with E-state index in [-0.39, 0.29) is 5.91 Å². The Morgan fingerprint density at radius 2 is 2.20 bits per heavy atom. The highest BCUT2D eigenvalue weighted by Crippen LogP contribution is 2.16. The molecule has 1 N–H and O–H groups in total. The number of carbonyl (C=O) groups excluding carboxylic acids is 2. The summed E-state index contributed by atoms with van der Waals surface area (Å²) < 4.78 is 5.23. The smallest absolute Gasteiger partial charge is 0.339 e. The Hall–Kier alpha value is -1.18. The zero-order valence-electron chi connectivity index (χ0n) is 8.20. The third kappa shape index (κ3) is 3.15. The van der Waals surface area contributed by atoms with Crippen LogP contribution in [0.2, 0.25) is 0 Å². The summed E-state index contributed by atoms with van der Waals surface area (Å²) in [6.45, 7) is 1.39. The molecule has 0 aromatic carbocycles. The number of halogens is 1. The Morgan fingerprint density at radius 3 is 2.67 bits per heavy atom. The Labute approximate surface area is 100 Å². The largest absolute Gasteiger partial charge is 0.465 e. The van der Waals surface area contributed by atoms with Crippen LogP contribution in [0, 0.1) is 3.57 Å². The number of rotatable bonds is 2. The van der Waals surface area contributed by atoms with E-state index in [0.717, 1.165) is 0 Å². The van der Waals surface area contributed by atoms with E-state index in [1.807, 2.05) is 22.6 Å². The number of carbonyl (C=O) groups is 2. The van der Waals surface area contributed by atoms with E-state index >= 15 is 0 Å². The van der Waals surface area contributed by atoms with Gasteiger partial charge in [0.1, 0.15) is 5.82 Å². The summed E-state index contributed by atoms with van der Waals surface area (Å²) in [5.41, 5.74) is 0.357. The summed E-state index contributed by atoms with van der Waals surface area (Å²) in [4.78, 5) is 25.9. The van der Waals surface area contributed by atoms with E-state index in [2.05, 4.69) is 15.0 Å². The fourth-order valence-corrected chi connectivity index (χ4v) is 1.54. The Morgan fingerprint density at radius 1 is 1.53 bits per heavy atom. The SMILES string of the molecule is COC(=O)c1cnc(NC(C)=O)c(I)c1. The molecule has 5 nitrogen and oxygen atoms in total. The third-order valence-corrected chi connectivity index (χ3v) is 2.38. The van der Waals surface area contributed by atoms with Gasteiger partial charge in [0.15, 0.2) is 0 Å². The van der Waals surface area contributed by atoms with Gasteiger partial charge in [0, 0.05) is 13.1 Å². The van der Waals surface area contributed by atoms with Gasteiger partial charge in [0.2, 0.25) is 5.91 Å². The van der Waals surface area contributed by atoms with Crippen LogP contribution >= 0.6 is 22.6 Å². The zero-order chi connectivity index (χ0) is 11.4. The number of pyridine rings is 1. The lowest BCUT2D eigenvalue weighted by Crippen LogP contribution is -2.10. The van der Waals surface area contributed by atoms with Crippen molar-refractivity contribution >= 4 is 40.3 Å². The standard InChI is InChI=1S/C9H9IN2O3/c1-5(13)12-8-7(10)3-6(4-11-8)9(14)15-2/h3-4H,1-2H3,(H,11,12,13). The second kappa shape index (κ2) is 5.06. The van der Waals surface area contributed by atoms with Crippen LogP contribution in [0.4, 0.5) is 5.82 Å². The number of methoxy groups -OCH3 is 1. The predicted octanol–water partition coefficient (Wildman–Crippen LogP) is 1.43. The fourth-order valence-electron chi connectivity index (χ4n) is 0.926. The maximum absolute atomic E-state index is 11.1. The van der Waals surface area contributed by atoms with Gasteiger partial charge in [-0.1, -0.05) is 0 Å². The van der Waals surface area contributed by atoms with Gasteiger partial charge in [-0.2, -0.15) is 0 Å². The average Bonchev–Trinajstić information content (AvgIpc) is 2.19. The van der Waals surface area contributed by atoms with Crippen molar-refractivity contribution in [2.75, 3.05) is 12.4 Å². The molecule has 0 saturated heterocycles. The molecule has 0 unspecified atom stereocenters. The van der Waals surface area contributed by atoms with Gasteiger partial charge in [0.25, 0.3) is 0 Å². The molecule has 0 aliphatic heterocycles. The number of esters is 1. The summed E-state index contributed by atoms with van der Waals surface area (Å²) in [6, 6.07) is 1.60. The molecule has 6 heteroatoms. The number of nitrogens with zero attached hydrogens (tertiary/aromatic N) is 1. The van der Waals surface area contributed by atoms with Gasteiger partial charge in [-0.15, -0.1) is 0 Å². The van der Waals surface area contributed by atoms with Crippen molar-refractivity contribution in [3.63, 3.8) is 0 Å². The summed E-state index contributed by atoms with van der Waals surface area (Å²) in [5, 5.41) is 2.55. The predicted molar refractivity (Wildman–Crippen MR) is 62.6 cm³/mol. The van der Waals surface area contributed by atoms with Crippen LogP contribution in [0.1, 0.15) is 17.3 Å². The highest BCUT2D eigenvalue weighted by Gasteiger charge is 2.09. The highest BCUT2D eigenvalue weighted by molar-refractivity contribution is 14.1. The van der Waals surface area contributed by atoms with Crippen LogP contribution in [0.25, 0.3) is 0 Å². The molecule has 0 saturated carbocycles. The molecule has 0 atom stereocenters. The number of anilines is 1. The summed E-state index contributed by atoms with van der Waals surface area (Å²) in [7, 11) is 1.30. The minimum absolute atomic E-state index is 0.203. The molecule has 0 spiro atoms. The van der Waals surface area contributed by atoms with E-state index in [1.54, 1.807) is 6.07 Å². The number of ether oxygens (including phenoxy) is 1. The molecule has 1 aromatic heterocycles. The molecule has 1 rings (SSSR count). The number of hydrogen-bond donors (Lipinski definition) is 1. The summed E-state index contributed by atoms with van der Waals surface area (Å²) >= 11 is 1.98. The van der Waals surface area contributed by atoms with Crippen LogP contribution in [0.5, 0.6) is 0 Å². The molecule has 0 aliphatic carbocycles. The van der Waals surface area contributed by atoms with Gasteiger partial charge in [-0.25, -0.2) is 9.78 Å². The molecule has 15 heavy (non-hydrogen) atoms. The molecule has 1 aromatic rings. The first-order valence-corrected chi connectivity index (χ1v) is 5.14. The van der Waals surface area contributed by atoms with Crippen molar-refractivity contribution in [1.82, 2.24) is 4.98 Å². The molecule has 0 bridgehead atoms. The first kappa shape index (κ1) is 11.9. The number of nitrogens with one attached hydrogen (secondary N) is 1. The lowest BCUT2D eigenvalue weighted by Gasteiger charge is -2.05. The van der Waals surface area contributed by atoms with Gasteiger partial charge in [0.05, 0.1) is 16.2 Å². The lowest BCUT2D eigenvalue weighted by molar-refractivity contribution is -0.114. The van der Waals surface area contributed by atoms with Crippen molar-refractivity contribution in [3.05, 3.63) is 21.4 Å². The van der Waals surface area contributed by atoms with Gasteiger partial charge < -0.3 is 10.1 Å². The summed E-state index contributed by atoms with van der Waals surface area (Å²) in [5.74, 6) is -0.211. The second-order valence-electron chi connectivity index (χ2n) is 2.73. The van der Waals surface area contributed by atoms with Crippen LogP contribution in [0.3, 0.4) is 0 Å². The molecular weight excluding hydrogens is 311 g/mol. The van der Waals surface area contributed by atoms with Crippen molar-refractivity contribution in [2.45, 2.75) is 6.92 Å². The quantitative estimate of drug-likeness (QED) is 0.661. The van der Waals surface area contributed by atoms with E-state index < -0.39 is 5.97 Å². The van der Waals surface area contributed by atoms with Crippen LogP contribution < -0.4 is 5.32 Å². The minimum atomic E-state index is -0.449. The number of aromatic nitrogens is 1. The Kier molecular flexibility index (Phi) is 4.01. The maximum atomic E-state index is 11.1. The second-order valence-corrected chi connectivity index (χ2v) is 3.89. The number of hydrogen-bond acceptors (Lipinski definition) is 4. The highest BCUT2D eigenvalue weighted by atomic mass is 127. The normalized spacial score (nSPS) is 9.53. The molecular formula is C9H9IN2O3. The topological polar surface area (TPSA) is 68.3 Å². The van der Waals surface area contributed by atoms with Crippen molar-refractivity contribution in [3.8, 4) is 0 Å². The van der Waals surface area contributed by atoms with Gasteiger partial charge in [-0.3, -0.25) is 4.79 Å². The average molecular weight is 320 g/mol. The van der Waals surface area contributed by atoms with Crippen LogP contribution in [0.15, 0.2) is 12.3 Å². The maximum Gasteiger partial charge on any atom is 0.339 e. The molecule has 80 valence electrons. The van der Waals surface area contributed by atoms with Gasteiger partial charge in [-0.05, 0) is 28.7 Å². The first-order chi connectivity index (χ1) is 7.04. The Bertz CT molecular complexity index is 406. The molecule has 0 aliphatic rings. The zero-order valence-corrected chi connectivity index (χ0v) is 10.4. The number of amides is 1. The Balaban J connectivity index is 2.97. The van der Waals surface area contributed by atoms with E-state index in [1.165, 1.54) is 20.2 Å². The fraction of sp³-hybridized carbons (Fsp3) is 0.222. The van der Waals surface area contributed by atoms with Crippen molar-refractivity contribution in [2.24, 2.45) is 0 Å². The van der Waals surface area contributed by atoms with Crippen LogP contribution in [-0.4, -0.2) is 24.0 Å². The summed E-state index contributed by atoms with van der Waals surface area (Å²) in [6.07, 6.45) is 1.36.